The summed E-state index contributed by atoms with van der Waals surface area (Å²) in [5, 5.41) is 0.155. The van der Waals surface area contributed by atoms with Crippen molar-refractivity contribution in [3.05, 3.63) is 55.0 Å². The van der Waals surface area contributed by atoms with Crippen molar-refractivity contribution in [1.82, 2.24) is 0 Å². The van der Waals surface area contributed by atoms with Crippen LogP contribution in [0.15, 0.2) is 27.6 Å². The zero-order valence-electron chi connectivity index (χ0n) is 11.4. The minimum Gasteiger partial charge on any atom is -0.397 e. The van der Waals surface area contributed by atoms with Gasteiger partial charge in [-0.1, -0.05) is 23.2 Å². The van der Waals surface area contributed by atoms with E-state index in [0.29, 0.717) is 0 Å². The molecule has 0 atom stereocenters. The molecule has 0 heterocycles. The van der Waals surface area contributed by atoms with Crippen LogP contribution in [0.25, 0.3) is 0 Å². The summed E-state index contributed by atoms with van der Waals surface area (Å²) in [6, 6.07) is 3.45. The van der Waals surface area contributed by atoms with Gasteiger partial charge in [0.25, 0.3) is 10.1 Å². The molecule has 0 amide bonds. The van der Waals surface area contributed by atoms with Crippen LogP contribution in [-0.2, 0) is 10.1 Å². The Kier molecular flexibility index (Phi) is 4.01. The number of nitrogens with two attached hydrogens (primary N) is 1. The minimum absolute atomic E-state index is 0.00870. The van der Waals surface area contributed by atoms with E-state index in [-0.39, 0.29) is 36.8 Å². The summed E-state index contributed by atoms with van der Waals surface area (Å²) < 4.78 is 32.2. The van der Waals surface area contributed by atoms with Crippen LogP contribution in [-0.4, -0.2) is 24.5 Å². The summed E-state index contributed by atoms with van der Waals surface area (Å²) in [5.41, 5.74) is 4.80. The van der Waals surface area contributed by atoms with E-state index in [9.17, 15) is 22.6 Å². The lowest BCUT2D eigenvalue weighted by molar-refractivity contribution is 0.0979. The van der Waals surface area contributed by atoms with E-state index in [1.54, 1.807) is 0 Å². The van der Waals surface area contributed by atoms with Gasteiger partial charge in [-0.25, -0.2) is 0 Å². The van der Waals surface area contributed by atoms with Gasteiger partial charge in [-0.05, 0) is 34.1 Å². The largest absolute Gasteiger partial charge is 0.397 e. The average molecular weight is 451 g/mol. The Morgan fingerprint density at radius 3 is 1.88 bits per heavy atom. The molecule has 24 heavy (non-hydrogen) atoms. The molecule has 0 aromatic heterocycles. The fourth-order valence-corrected chi connectivity index (χ4v) is 4.24. The van der Waals surface area contributed by atoms with Gasteiger partial charge in [-0.15, -0.1) is 0 Å². The Morgan fingerprint density at radius 1 is 0.958 bits per heavy atom. The molecule has 0 aliphatic heterocycles. The molecule has 0 bridgehead atoms. The van der Waals surface area contributed by atoms with E-state index >= 15 is 0 Å². The fraction of sp³-hybridized carbons (Fsp3) is 0. The summed E-state index contributed by atoms with van der Waals surface area (Å²) in [4.78, 5) is 24.8. The number of rotatable bonds is 1. The second-order valence-electron chi connectivity index (χ2n) is 4.97. The lowest BCUT2D eigenvalue weighted by Crippen LogP contribution is -2.24. The number of anilines is 1. The Morgan fingerprint density at radius 2 is 1.42 bits per heavy atom. The van der Waals surface area contributed by atoms with Crippen LogP contribution < -0.4 is 5.73 Å². The molecular formula is C14H6BrCl2NO5S. The topological polar surface area (TPSA) is 115 Å². The van der Waals surface area contributed by atoms with Crippen LogP contribution in [0.1, 0.15) is 31.8 Å². The number of halogens is 3. The zero-order chi connectivity index (χ0) is 18.0. The molecular weight excluding hydrogens is 445 g/mol. The quantitative estimate of drug-likeness (QED) is 0.434. The van der Waals surface area contributed by atoms with Crippen molar-refractivity contribution in [3.8, 4) is 0 Å². The van der Waals surface area contributed by atoms with Crippen LogP contribution >= 0.6 is 39.1 Å². The first-order valence-electron chi connectivity index (χ1n) is 6.22. The monoisotopic (exact) mass is 449 g/mol. The molecule has 1 aliphatic rings. The molecule has 1 aliphatic carbocycles. The lowest BCUT2D eigenvalue weighted by atomic mass is 9.83. The van der Waals surface area contributed by atoms with E-state index in [1.165, 1.54) is 12.1 Å². The van der Waals surface area contributed by atoms with Crippen molar-refractivity contribution >= 4 is 66.5 Å². The smallest absolute Gasteiger partial charge is 0.296 e. The second kappa shape index (κ2) is 5.53. The predicted molar refractivity (Wildman–Crippen MR) is 91.7 cm³/mol. The number of nitrogen functional groups attached to an aromatic ring is 1. The highest BCUT2D eigenvalue weighted by molar-refractivity contribution is 9.10. The maximum atomic E-state index is 12.7. The molecule has 6 nitrogen and oxygen atoms in total. The Hall–Kier alpha value is -1.45. The molecule has 2 aromatic carbocycles. The molecule has 3 rings (SSSR count). The van der Waals surface area contributed by atoms with E-state index in [0.717, 1.165) is 6.07 Å². The molecule has 0 unspecified atom stereocenters. The third kappa shape index (κ3) is 2.46. The maximum Gasteiger partial charge on any atom is 0.296 e. The van der Waals surface area contributed by atoms with Crippen molar-refractivity contribution in [2.75, 3.05) is 5.73 Å². The molecule has 10 heteroatoms. The third-order valence-electron chi connectivity index (χ3n) is 3.56. The van der Waals surface area contributed by atoms with Gasteiger partial charge in [0.05, 0.1) is 26.9 Å². The maximum absolute atomic E-state index is 12.7. The van der Waals surface area contributed by atoms with Gasteiger partial charge in [0.15, 0.2) is 11.6 Å². The number of carbonyl (C=O) groups excluding carboxylic acids is 2. The molecule has 0 saturated heterocycles. The van der Waals surface area contributed by atoms with Crippen molar-refractivity contribution in [1.29, 1.82) is 0 Å². The SMILES string of the molecule is Nc1c(S(=O)(=O)O)cc(Br)c2c1C(=O)c1cc(Cl)c(Cl)cc1C2=O. The normalized spacial score (nSPS) is 13.7. The van der Waals surface area contributed by atoms with Crippen LogP contribution in [0.4, 0.5) is 5.69 Å². The summed E-state index contributed by atoms with van der Waals surface area (Å²) >= 11 is 14.8. The second-order valence-corrected chi connectivity index (χ2v) is 8.02. The fourth-order valence-electron chi connectivity index (χ4n) is 2.51. The highest BCUT2D eigenvalue weighted by Gasteiger charge is 2.36. The van der Waals surface area contributed by atoms with Crippen LogP contribution in [0, 0.1) is 0 Å². The Balaban J connectivity index is 2.43. The summed E-state index contributed by atoms with van der Waals surface area (Å²) in [6.45, 7) is 0. The number of benzene rings is 2. The van der Waals surface area contributed by atoms with Gasteiger partial charge in [-0.3, -0.25) is 14.1 Å². The number of carbonyl (C=O) groups is 2. The van der Waals surface area contributed by atoms with E-state index in [1.807, 2.05) is 0 Å². The van der Waals surface area contributed by atoms with Crippen molar-refractivity contribution < 1.29 is 22.6 Å². The Labute approximate surface area is 154 Å². The van der Waals surface area contributed by atoms with Crippen LogP contribution in [0.5, 0.6) is 0 Å². The molecule has 0 radical (unpaired) electrons. The molecule has 0 fully saturated rings. The van der Waals surface area contributed by atoms with Crippen molar-refractivity contribution in [3.63, 3.8) is 0 Å². The first kappa shape index (κ1) is 17.4. The summed E-state index contributed by atoms with van der Waals surface area (Å²) in [5.74, 6) is -1.26. The molecule has 2 aromatic rings. The molecule has 0 saturated carbocycles. The van der Waals surface area contributed by atoms with Gasteiger partial charge < -0.3 is 5.73 Å². The first-order valence-corrected chi connectivity index (χ1v) is 9.20. The van der Waals surface area contributed by atoms with Crippen molar-refractivity contribution in [2.24, 2.45) is 0 Å². The van der Waals surface area contributed by atoms with E-state index < -0.39 is 32.3 Å². The van der Waals surface area contributed by atoms with Crippen molar-refractivity contribution in [2.45, 2.75) is 4.90 Å². The van der Waals surface area contributed by atoms with E-state index in [4.69, 9.17) is 28.9 Å². The zero-order valence-corrected chi connectivity index (χ0v) is 15.3. The van der Waals surface area contributed by atoms with Gasteiger partial charge >= 0.3 is 0 Å². The number of hydrogen-bond acceptors (Lipinski definition) is 5. The highest BCUT2D eigenvalue weighted by atomic mass is 79.9. The molecule has 3 N–H and O–H groups in total. The number of fused-ring (bicyclic) bond motifs is 2. The van der Waals surface area contributed by atoms with Crippen LogP contribution in [0.3, 0.4) is 0 Å². The number of ketones is 2. The highest BCUT2D eigenvalue weighted by Crippen LogP contribution is 2.40. The predicted octanol–water partition coefficient (Wildman–Crippen LogP) is 3.36. The minimum atomic E-state index is -4.69. The van der Waals surface area contributed by atoms with Gasteiger partial charge in [0.1, 0.15) is 4.90 Å². The van der Waals surface area contributed by atoms with Gasteiger partial charge in [0.2, 0.25) is 0 Å². The van der Waals surface area contributed by atoms with Gasteiger partial charge in [-0.2, -0.15) is 8.42 Å². The average Bonchev–Trinajstić information content (AvgIpc) is 2.47. The summed E-state index contributed by atoms with van der Waals surface area (Å²) in [7, 11) is -4.69. The van der Waals surface area contributed by atoms with Crippen LogP contribution in [0.2, 0.25) is 10.0 Å². The molecule has 0 spiro atoms. The number of hydrogen-bond donors (Lipinski definition) is 2. The molecule has 124 valence electrons. The lowest BCUT2D eigenvalue weighted by Gasteiger charge is -2.22. The van der Waals surface area contributed by atoms with E-state index in [2.05, 4.69) is 15.9 Å². The van der Waals surface area contributed by atoms with Gasteiger partial charge in [0, 0.05) is 15.6 Å². The third-order valence-corrected chi connectivity index (χ3v) is 5.80. The Bertz CT molecular complexity index is 1070. The standard InChI is InChI=1S/C14H6BrCl2NO5S/c15-6-3-9(24(21,22)23)12(18)11-10(6)13(19)4-1-7(16)8(17)2-5(4)14(11)20/h1-3H,18H2,(H,21,22,23). The first-order chi connectivity index (χ1) is 11.0. The summed E-state index contributed by atoms with van der Waals surface area (Å²) in [6.07, 6.45) is 0.